The summed E-state index contributed by atoms with van der Waals surface area (Å²) in [7, 11) is -3.87. The summed E-state index contributed by atoms with van der Waals surface area (Å²) in [5.41, 5.74) is -0.135. The van der Waals surface area contributed by atoms with E-state index in [0.29, 0.717) is 19.3 Å². The number of nitrogens with one attached hydrogen (secondary N) is 1. The Labute approximate surface area is 158 Å². The average Bonchev–Trinajstić information content (AvgIpc) is 2.67. The zero-order chi connectivity index (χ0) is 20.0. The van der Waals surface area contributed by atoms with Crippen molar-refractivity contribution in [1.82, 2.24) is 4.31 Å². The molecule has 1 aliphatic heterocycles. The second-order valence-electron chi connectivity index (χ2n) is 6.26. The molecule has 0 radical (unpaired) electrons. The van der Waals surface area contributed by atoms with E-state index in [0.717, 1.165) is 4.31 Å². The van der Waals surface area contributed by atoms with Crippen LogP contribution < -0.4 is 0 Å². The first-order valence-electron chi connectivity index (χ1n) is 8.50. The fourth-order valence-corrected chi connectivity index (χ4v) is 4.56. The highest BCUT2D eigenvalue weighted by Crippen LogP contribution is 2.26. The molecule has 9 heteroatoms. The fraction of sp³-hybridized carbons (Fsp3) is 0.444. The molecule has 144 valence electrons. The van der Waals surface area contributed by atoms with E-state index in [-0.39, 0.29) is 17.2 Å². The van der Waals surface area contributed by atoms with Crippen LogP contribution in [-0.4, -0.2) is 49.4 Å². The van der Waals surface area contributed by atoms with E-state index in [9.17, 15) is 18.0 Å². The van der Waals surface area contributed by atoms with Crippen molar-refractivity contribution in [1.29, 1.82) is 10.7 Å². The number of carbonyl (C=O) groups is 2. The zero-order valence-electron chi connectivity index (χ0n) is 14.9. The van der Waals surface area contributed by atoms with E-state index >= 15 is 0 Å². The topological polar surface area (TPSA) is 128 Å². The Morgan fingerprint density at radius 2 is 2.00 bits per heavy atom. The van der Waals surface area contributed by atoms with Crippen LogP contribution in [0.4, 0.5) is 0 Å². The van der Waals surface area contributed by atoms with Gasteiger partial charge in [-0.3, -0.25) is 9.59 Å². The molecule has 0 amide bonds. The smallest absolute Gasteiger partial charge is 0.324 e. The molecule has 0 bridgehead atoms. The maximum atomic E-state index is 12.9. The minimum Gasteiger partial charge on any atom is -0.456 e. The average molecular weight is 391 g/mol. The first-order chi connectivity index (χ1) is 12.8. The van der Waals surface area contributed by atoms with Crippen molar-refractivity contribution >= 4 is 27.5 Å². The number of Topliss-reactive ketones (excluding diaryl/α,β-unsaturated/α-hetero) is 1. The minimum atomic E-state index is -3.87. The van der Waals surface area contributed by atoms with Gasteiger partial charge in [0.15, 0.2) is 12.4 Å². The van der Waals surface area contributed by atoms with Gasteiger partial charge in [0.25, 0.3) is 0 Å². The van der Waals surface area contributed by atoms with Crippen molar-refractivity contribution in [2.75, 3.05) is 13.2 Å². The molecule has 8 nitrogen and oxygen atoms in total. The molecular weight excluding hydrogens is 370 g/mol. The van der Waals surface area contributed by atoms with Crippen molar-refractivity contribution in [3.05, 3.63) is 30.3 Å². The first-order valence-corrected chi connectivity index (χ1v) is 9.94. The van der Waals surface area contributed by atoms with Crippen LogP contribution in [0.2, 0.25) is 0 Å². The molecule has 0 saturated carbocycles. The molecule has 0 aliphatic carbocycles. The minimum absolute atomic E-state index is 0.0877. The fourth-order valence-electron chi connectivity index (χ4n) is 2.89. The highest BCUT2D eigenvalue weighted by Gasteiger charge is 2.39. The van der Waals surface area contributed by atoms with Gasteiger partial charge >= 0.3 is 5.97 Å². The molecule has 0 spiro atoms. The largest absolute Gasteiger partial charge is 0.456 e. The number of hydrogen-bond acceptors (Lipinski definition) is 7. The number of benzene rings is 1. The third-order valence-corrected chi connectivity index (χ3v) is 6.24. The van der Waals surface area contributed by atoms with Crippen LogP contribution in [0.15, 0.2) is 35.2 Å². The summed E-state index contributed by atoms with van der Waals surface area (Å²) in [6, 6.07) is 8.49. The predicted molar refractivity (Wildman–Crippen MR) is 96.4 cm³/mol. The molecule has 1 saturated heterocycles. The van der Waals surface area contributed by atoms with Crippen molar-refractivity contribution in [3.8, 4) is 6.07 Å². The van der Waals surface area contributed by atoms with Crippen LogP contribution in [0.25, 0.3) is 0 Å². The van der Waals surface area contributed by atoms with Crippen LogP contribution in [0.3, 0.4) is 0 Å². The van der Waals surface area contributed by atoms with Crippen LogP contribution in [0, 0.1) is 22.7 Å². The Balaban J connectivity index is 2.13. The van der Waals surface area contributed by atoms with E-state index in [1.165, 1.54) is 19.1 Å². The van der Waals surface area contributed by atoms with Gasteiger partial charge in [-0.05, 0) is 38.3 Å². The number of carbonyl (C=O) groups excluding carboxylic acids is 2. The van der Waals surface area contributed by atoms with Gasteiger partial charge in [0.1, 0.15) is 12.0 Å². The van der Waals surface area contributed by atoms with E-state index < -0.39 is 40.3 Å². The summed E-state index contributed by atoms with van der Waals surface area (Å²) >= 11 is 0. The van der Waals surface area contributed by atoms with Crippen LogP contribution in [-0.2, 0) is 24.3 Å². The number of sulfonamides is 1. The SMILES string of the molecule is CC(=N)C(C#N)C(=O)COC(=O)[C@@H]1CCCCN1S(=O)(=O)c1ccccc1. The maximum absolute atomic E-state index is 12.9. The number of nitrogens with zero attached hydrogens (tertiary/aromatic N) is 2. The number of hydrogen-bond donors (Lipinski definition) is 1. The van der Waals surface area contributed by atoms with Gasteiger partial charge in [0, 0.05) is 12.3 Å². The van der Waals surface area contributed by atoms with Crippen LogP contribution in [0.1, 0.15) is 26.2 Å². The molecule has 1 N–H and O–H groups in total. The van der Waals surface area contributed by atoms with Crippen molar-refractivity contribution in [2.24, 2.45) is 5.92 Å². The quantitative estimate of drug-likeness (QED) is 0.554. The van der Waals surface area contributed by atoms with Crippen LogP contribution >= 0.6 is 0 Å². The van der Waals surface area contributed by atoms with E-state index in [4.69, 9.17) is 15.4 Å². The molecule has 1 aromatic rings. The maximum Gasteiger partial charge on any atom is 0.324 e. The Hall–Kier alpha value is -2.57. The number of ketones is 1. The third kappa shape index (κ3) is 4.78. The zero-order valence-corrected chi connectivity index (χ0v) is 15.7. The number of ether oxygens (including phenoxy) is 1. The number of esters is 1. The molecule has 2 atom stereocenters. The highest BCUT2D eigenvalue weighted by molar-refractivity contribution is 7.89. The highest BCUT2D eigenvalue weighted by atomic mass is 32.2. The van der Waals surface area contributed by atoms with Crippen molar-refractivity contribution < 1.29 is 22.7 Å². The molecule has 1 heterocycles. The normalized spacial score (nSPS) is 18.9. The molecular formula is C18H21N3O5S. The van der Waals surface area contributed by atoms with Gasteiger partial charge in [-0.2, -0.15) is 9.57 Å². The summed E-state index contributed by atoms with van der Waals surface area (Å²) < 4.78 is 31.8. The van der Waals surface area contributed by atoms with Gasteiger partial charge in [0.05, 0.1) is 11.0 Å². The molecule has 27 heavy (non-hydrogen) atoms. The molecule has 1 fully saturated rings. The van der Waals surface area contributed by atoms with Crippen molar-refractivity contribution in [2.45, 2.75) is 37.1 Å². The Kier molecular flexibility index (Phi) is 6.82. The van der Waals surface area contributed by atoms with E-state index in [2.05, 4.69) is 0 Å². The predicted octanol–water partition coefficient (Wildman–Crippen LogP) is 1.52. The molecule has 2 rings (SSSR count). The van der Waals surface area contributed by atoms with Gasteiger partial charge < -0.3 is 10.1 Å². The molecule has 1 aromatic carbocycles. The van der Waals surface area contributed by atoms with Crippen LogP contribution in [0.5, 0.6) is 0 Å². The monoisotopic (exact) mass is 391 g/mol. The van der Waals surface area contributed by atoms with Crippen molar-refractivity contribution in [3.63, 3.8) is 0 Å². The Bertz CT molecular complexity index is 861. The Morgan fingerprint density at radius 1 is 1.33 bits per heavy atom. The van der Waals surface area contributed by atoms with Gasteiger partial charge in [-0.1, -0.05) is 18.2 Å². The van der Waals surface area contributed by atoms with Gasteiger partial charge in [-0.25, -0.2) is 8.42 Å². The standard InChI is InChI=1S/C18H21N3O5S/c1-13(20)15(11-19)17(22)12-26-18(23)16-9-5-6-10-21(16)27(24,25)14-7-3-2-4-8-14/h2-4,7-8,15-16,20H,5-6,9-10,12H2,1H3/t15?,16-/m0/s1. The summed E-state index contributed by atoms with van der Waals surface area (Å²) in [4.78, 5) is 24.5. The number of nitriles is 1. The summed E-state index contributed by atoms with van der Waals surface area (Å²) in [5, 5.41) is 16.3. The molecule has 1 aliphatic rings. The molecule has 1 unspecified atom stereocenters. The van der Waals surface area contributed by atoms with E-state index in [1.54, 1.807) is 24.3 Å². The summed E-state index contributed by atoms with van der Waals surface area (Å²) in [6.07, 6.45) is 1.58. The summed E-state index contributed by atoms with van der Waals surface area (Å²) in [5.74, 6) is -2.79. The van der Waals surface area contributed by atoms with Gasteiger partial charge in [0.2, 0.25) is 10.0 Å². The lowest BCUT2D eigenvalue weighted by molar-refractivity contribution is -0.152. The first kappa shape index (κ1) is 20.7. The summed E-state index contributed by atoms with van der Waals surface area (Å²) in [6.45, 7) is 0.845. The third-order valence-electron chi connectivity index (χ3n) is 4.32. The number of piperidine rings is 1. The second kappa shape index (κ2) is 8.88. The Morgan fingerprint density at radius 3 is 2.59 bits per heavy atom. The van der Waals surface area contributed by atoms with Gasteiger partial charge in [-0.15, -0.1) is 0 Å². The molecule has 0 aromatic heterocycles. The lowest BCUT2D eigenvalue weighted by Crippen LogP contribution is -2.48. The van der Waals surface area contributed by atoms with E-state index in [1.807, 2.05) is 0 Å². The lowest BCUT2D eigenvalue weighted by Gasteiger charge is -2.33. The lowest BCUT2D eigenvalue weighted by atomic mass is 10.0. The number of rotatable bonds is 7. The second-order valence-corrected chi connectivity index (χ2v) is 8.15.